The molecule has 1 aliphatic carbocycles. The zero-order valence-electron chi connectivity index (χ0n) is 13.8. The van der Waals surface area contributed by atoms with Crippen LogP contribution < -0.4 is 5.32 Å². The van der Waals surface area contributed by atoms with Gasteiger partial charge in [-0.1, -0.05) is 6.92 Å². The van der Waals surface area contributed by atoms with Gasteiger partial charge >= 0.3 is 5.97 Å². The van der Waals surface area contributed by atoms with Gasteiger partial charge in [-0.3, -0.25) is 9.69 Å². The van der Waals surface area contributed by atoms with Crippen LogP contribution in [0, 0.1) is 0 Å². The molecule has 0 amide bonds. The smallest absolute Gasteiger partial charge is 0.323 e. The Labute approximate surface area is 129 Å². The Morgan fingerprint density at radius 2 is 2.10 bits per heavy atom. The minimum absolute atomic E-state index is 0.0790. The number of ether oxygens (including phenoxy) is 1. The highest BCUT2D eigenvalue weighted by atomic mass is 16.5. The van der Waals surface area contributed by atoms with Crippen LogP contribution in [-0.2, 0) is 9.53 Å². The van der Waals surface area contributed by atoms with Gasteiger partial charge in [-0.05, 0) is 39.7 Å². The fraction of sp³-hybridized carbons (Fsp3) is 0.938. The normalized spacial score (nSPS) is 25.8. The minimum Gasteiger partial charge on any atom is -0.465 e. The molecule has 1 N–H and O–H groups in total. The second-order valence-electron chi connectivity index (χ2n) is 6.31. The first-order chi connectivity index (χ1) is 10.1. The Bertz CT molecular complexity index is 333. The summed E-state index contributed by atoms with van der Waals surface area (Å²) in [6.07, 6.45) is 3.25. The Hall–Kier alpha value is -0.650. The van der Waals surface area contributed by atoms with Crippen molar-refractivity contribution >= 4 is 5.97 Å². The van der Waals surface area contributed by atoms with Crippen molar-refractivity contribution in [2.75, 3.05) is 39.3 Å². The Balaban J connectivity index is 1.76. The summed E-state index contributed by atoms with van der Waals surface area (Å²) in [6.45, 7) is 12.3. The lowest BCUT2D eigenvalue weighted by Gasteiger charge is -2.39. The van der Waals surface area contributed by atoms with Crippen LogP contribution >= 0.6 is 0 Å². The lowest BCUT2D eigenvalue weighted by molar-refractivity contribution is -0.146. The van der Waals surface area contributed by atoms with Crippen LogP contribution in [0.2, 0.25) is 0 Å². The van der Waals surface area contributed by atoms with Crippen LogP contribution in [0.1, 0.15) is 40.0 Å². The van der Waals surface area contributed by atoms with E-state index in [1.807, 2.05) is 6.92 Å². The molecule has 0 spiro atoms. The number of piperazine rings is 1. The average Bonchev–Trinajstić information content (AvgIpc) is 3.27. The van der Waals surface area contributed by atoms with Crippen molar-refractivity contribution in [3.8, 4) is 0 Å². The number of likely N-dealkylation sites (N-methyl/N-ethyl adjacent to an activating group) is 1. The van der Waals surface area contributed by atoms with Gasteiger partial charge in [-0.25, -0.2) is 0 Å². The van der Waals surface area contributed by atoms with E-state index < -0.39 is 0 Å². The van der Waals surface area contributed by atoms with E-state index in [1.54, 1.807) is 0 Å². The molecule has 1 heterocycles. The lowest BCUT2D eigenvalue weighted by Crippen LogP contribution is -2.52. The molecule has 5 heteroatoms. The summed E-state index contributed by atoms with van der Waals surface area (Å²) in [4.78, 5) is 17.0. The molecular formula is C16H31N3O2. The molecule has 0 aromatic heterocycles. The van der Waals surface area contributed by atoms with Gasteiger partial charge in [0.25, 0.3) is 0 Å². The number of carbonyl (C=O) groups excluding carboxylic acids is 1. The second kappa shape index (κ2) is 8.11. The third-order valence-electron chi connectivity index (χ3n) is 4.57. The fourth-order valence-electron chi connectivity index (χ4n) is 3.10. The van der Waals surface area contributed by atoms with Crippen molar-refractivity contribution in [3.63, 3.8) is 0 Å². The summed E-state index contributed by atoms with van der Waals surface area (Å²) in [5.41, 5.74) is 0. The first-order valence-corrected chi connectivity index (χ1v) is 8.53. The number of nitrogens with one attached hydrogen (secondary N) is 1. The quantitative estimate of drug-likeness (QED) is 0.679. The molecule has 122 valence electrons. The van der Waals surface area contributed by atoms with Gasteiger partial charge < -0.3 is 15.0 Å². The molecule has 0 radical (unpaired) electrons. The van der Waals surface area contributed by atoms with E-state index >= 15 is 0 Å². The maximum Gasteiger partial charge on any atom is 0.323 e. The largest absolute Gasteiger partial charge is 0.465 e. The Morgan fingerprint density at radius 1 is 1.33 bits per heavy atom. The molecule has 2 fully saturated rings. The van der Waals surface area contributed by atoms with Gasteiger partial charge in [0.2, 0.25) is 0 Å². The number of carbonyl (C=O) groups is 1. The summed E-state index contributed by atoms with van der Waals surface area (Å²) >= 11 is 0. The predicted octanol–water partition coefficient (Wildman–Crippen LogP) is 1.09. The fourth-order valence-corrected chi connectivity index (χ4v) is 3.10. The van der Waals surface area contributed by atoms with Gasteiger partial charge in [-0.2, -0.15) is 0 Å². The highest BCUT2D eigenvalue weighted by molar-refractivity contribution is 5.75. The summed E-state index contributed by atoms with van der Waals surface area (Å²) in [5, 5.41) is 3.43. The van der Waals surface area contributed by atoms with E-state index in [4.69, 9.17) is 4.74 Å². The molecule has 2 rings (SSSR count). The molecular weight excluding hydrogens is 266 g/mol. The maximum atomic E-state index is 12.0. The SMILES string of the molecule is CCOC(=O)C(CCN1CCN(CC)C(C)C1)NC1CC1. The molecule has 0 aromatic rings. The van der Waals surface area contributed by atoms with Crippen LogP contribution in [0.4, 0.5) is 0 Å². The Kier molecular flexibility index (Phi) is 6.45. The van der Waals surface area contributed by atoms with Gasteiger partial charge in [0.1, 0.15) is 6.04 Å². The summed E-state index contributed by atoms with van der Waals surface area (Å²) in [5.74, 6) is -0.0790. The summed E-state index contributed by atoms with van der Waals surface area (Å²) in [7, 11) is 0. The summed E-state index contributed by atoms with van der Waals surface area (Å²) in [6, 6.07) is 1.02. The monoisotopic (exact) mass is 297 g/mol. The second-order valence-corrected chi connectivity index (χ2v) is 6.31. The first-order valence-electron chi connectivity index (χ1n) is 8.53. The van der Waals surface area contributed by atoms with Crippen molar-refractivity contribution in [2.45, 2.75) is 58.2 Å². The van der Waals surface area contributed by atoms with Crippen LogP contribution in [-0.4, -0.2) is 73.2 Å². The van der Waals surface area contributed by atoms with E-state index in [9.17, 15) is 4.79 Å². The average molecular weight is 297 g/mol. The molecule has 1 aliphatic heterocycles. The molecule has 0 bridgehead atoms. The zero-order chi connectivity index (χ0) is 15.2. The number of hydrogen-bond acceptors (Lipinski definition) is 5. The highest BCUT2D eigenvalue weighted by Gasteiger charge is 2.30. The molecule has 0 aromatic carbocycles. The predicted molar refractivity (Wildman–Crippen MR) is 84.3 cm³/mol. The van der Waals surface area contributed by atoms with Crippen LogP contribution in [0.3, 0.4) is 0 Å². The van der Waals surface area contributed by atoms with Crippen molar-refractivity contribution in [2.24, 2.45) is 0 Å². The van der Waals surface area contributed by atoms with E-state index in [0.29, 0.717) is 18.7 Å². The van der Waals surface area contributed by atoms with Crippen molar-refractivity contribution in [3.05, 3.63) is 0 Å². The van der Waals surface area contributed by atoms with Crippen LogP contribution in [0.15, 0.2) is 0 Å². The third kappa shape index (κ3) is 5.24. The maximum absolute atomic E-state index is 12.0. The molecule has 21 heavy (non-hydrogen) atoms. The van der Waals surface area contributed by atoms with E-state index in [-0.39, 0.29) is 12.0 Å². The number of nitrogens with zero attached hydrogens (tertiary/aromatic N) is 2. The van der Waals surface area contributed by atoms with Crippen LogP contribution in [0.5, 0.6) is 0 Å². The van der Waals surface area contributed by atoms with Gasteiger partial charge in [0.05, 0.1) is 6.61 Å². The summed E-state index contributed by atoms with van der Waals surface area (Å²) < 4.78 is 5.20. The van der Waals surface area contributed by atoms with Crippen molar-refractivity contribution in [1.82, 2.24) is 15.1 Å². The van der Waals surface area contributed by atoms with E-state index in [0.717, 1.165) is 39.1 Å². The number of hydrogen-bond donors (Lipinski definition) is 1. The third-order valence-corrected chi connectivity index (χ3v) is 4.57. The number of rotatable bonds is 8. The van der Waals surface area contributed by atoms with Crippen molar-refractivity contribution < 1.29 is 9.53 Å². The lowest BCUT2D eigenvalue weighted by atomic mass is 10.1. The van der Waals surface area contributed by atoms with Gasteiger partial charge in [0, 0.05) is 38.3 Å². The topological polar surface area (TPSA) is 44.8 Å². The molecule has 2 unspecified atom stereocenters. The minimum atomic E-state index is -0.128. The molecule has 1 saturated heterocycles. The molecule has 5 nitrogen and oxygen atoms in total. The molecule has 2 aliphatic rings. The number of esters is 1. The standard InChI is InChI=1S/C16H31N3O2/c1-4-19-11-10-18(12-13(19)3)9-8-15(16(20)21-5-2)17-14-6-7-14/h13-15,17H,4-12H2,1-3H3. The van der Waals surface area contributed by atoms with Gasteiger partial charge in [-0.15, -0.1) is 0 Å². The zero-order valence-corrected chi connectivity index (χ0v) is 13.8. The van der Waals surface area contributed by atoms with E-state index in [1.165, 1.54) is 12.8 Å². The molecule has 2 atom stereocenters. The highest BCUT2D eigenvalue weighted by Crippen LogP contribution is 2.20. The van der Waals surface area contributed by atoms with Crippen LogP contribution in [0.25, 0.3) is 0 Å². The van der Waals surface area contributed by atoms with Gasteiger partial charge in [0.15, 0.2) is 0 Å². The van der Waals surface area contributed by atoms with E-state index in [2.05, 4.69) is 29.0 Å². The first kappa shape index (κ1) is 16.7. The molecule has 1 saturated carbocycles. The Morgan fingerprint density at radius 3 is 2.67 bits per heavy atom. The van der Waals surface area contributed by atoms with Crippen molar-refractivity contribution in [1.29, 1.82) is 0 Å².